The molecule has 0 aliphatic carbocycles. The topological polar surface area (TPSA) is 76.2 Å². The highest BCUT2D eigenvalue weighted by atomic mass is 32.2. The Labute approximate surface area is 177 Å². The van der Waals surface area contributed by atoms with E-state index in [-0.39, 0.29) is 29.0 Å². The lowest BCUT2D eigenvalue weighted by molar-refractivity contribution is -0.118. The fourth-order valence-electron chi connectivity index (χ4n) is 4.16. The van der Waals surface area contributed by atoms with Gasteiger partial charge in [0, 0.05) is 24.8 Å². The zero-order chi connectivity index (χ0) is 21.3. The number of sulfonamides is 1. The first-order valence-corrected chi connectivity index (χ1v) is 11.5. The summed E-state index contributed by atoms with van der Waals surface area (Å²) in [7, 11) is -2.29. The van der Waals surface area contributed by atoms with Crippen molar-refractivity contribution in [3.05, 3.63) is 53.6 Å². The van der Waals surface area contributed by atoms with Gasteiger partial charge < -0.3 is 14.4 Å². The van der Waals surface area contributed by atoms with Gasteiger partial charge in [0.1, 0.15) is 10.6 Å². The van der Waals surface area contributed by atoms with Crippen molar-refractivity contribution in [1.82, 2.24) is 4.31 Å². The van der Waals surface area contributed by atoms with Crippen molar-refractivity contribution in [2.45, 2.75) is 30.7 Å². The summed E-state index contributed by atoms with van der Waals surface area (Å²) < 4.78 is 38.3. The lowest BCUT2D eigenvalue weighted by atomic mass is 10.1. The summed E-state index contributed by atoms with van der Waals surface area (Å²) in [5, 5.41) is 0. The number of anilines is 1. The van der Waals surface area contributed by atoms with E-state index < -0.39 is 10.0 Å². The predicted molar refractivity (Wildman–Crippen MR) is 113 cm³/mol. The molecule has 0 spiro atoms. The van der Waals surface area contributed by atoms with Gasteiger partial charge >= 0.3 is 0 Å². The molecule has 4 rings (SSSR count). The molecule has 8 heteroatoms. The maximum atomic E-state index is 13.2. The number of rotatable bonds is 5. The van der Waals surface area contributed by atoms with Crippen LogP contribution in [0.4, 0.5) is 5.69 Å². The monoisotopic (exact) mass is 430 g/mol. The number of para-hydroxylation sites is 1. The number of ether oxygens (including phenoxy) is 2. The van der Waals surface area contributed by atoms with Gasteiger partial charge in [0.05, 0.1) is 26.7 Å². The summed E-state index contributed by atoms with van der Waals surface area (Å²) in [6, 6.07) is 12.9. The van der Waals surface area contributed by atoms with E-state index in [9.17, 15) is 13.2 Å². The zero-order valence-corrected chi connectivity index (χ0v) is 18.0. The van der Waals surface area contributed by atoms with Gasteiger partial charge in [-0.25, -0.2) is 8.42 Å². The highest BCUT2D eigenvalue weighted by molar-refractivity contribution is 7.89. The smallest absolute Gasteiger partial charge is 0.246 e. The minimum atomic E-state index is -3.74. The summed E-state index contributed by atoms with van der Waals surface area (Å²) in [4.78, 5) is 15.0. The van der Waals surface area contributed by atoms with Gasteiger partial charge in [0.25, 0.3) is 0 Å². The maximum Gasteiger partial charge on any atom is 0.246 e. The van der Waals surface area contributed by atoms with Crippen LogP contribution in [-0.4, -0.2) is 58.1 Å². The van der Waals surface area contributed by atoms with Crippen LogP contribution in [-0.2, 0) is 32.4 Å². The summed E-state index contributed by atoms with van der Waals surface area (Å²) in [6.45, 7) is 3.37. The molecule has 0 saturated carbocycles. The molecule has 2 aliphatic rings. The van der Waals surface area contributed by atoms with Gasteiger partial charge in [-0.05, 0) is 42.7 Å². The van der Waals surface area contributed by atoms with Gasteiger partial charge in [0.15, 0.2) is 0 Å². The molecule has 160 valence electrons. The van der Waals surface area contributed by atoms with E-state index in [1.54, 1.807) is 18.2 Å². The molecule has 1 amide bonds. The molecule has 1 unspecified atom stereocenters. The highest BCUT2D eigenvalue weighted by Crippen LogP contribution is 2.33. The summed E-state index contributed by atoms with van der Waals surface area (Å²) >= 11 is 0. The number of methoxy groups -OCH3 is 1. The Morgan fingerprint density at radius 2 is 1.90 bits per heavy atom. The lowest BCUT2D eigenvalue weighted by Crippen LogP contribution is -2.40. The van der Waals surface area contributed by atoms with Crippen molar-refractivity contribution < 1.29 is 22.7 Å². The highest BCUT2D eigenvalue weighted by Gasteiger charge is 2.32. The van der Waals surface area contributed by atoms with Crippen molar-refractivity contribution in [3.8, 4) is 5.75 Å². The molecule has 1 fully saturated rings. The summed E-state index contributed by atoms with van der Waals surface area (Å²) in [5.74, 6) is 0.227. The minimum Gasteiger partial charge on any atom is -0.495 e. The maximum absolute atomic E-state index is 13.2. The number of hydrogen-bond donors (Lipinski definition) is 0. The van der Waals surface area contributed by atoms with Crippen LogP contribution in [0.25, 0.3) is 0 Å². The molecule has 2 aromatic rings. The molecule has 30 heavy (non-hydrogen) atoms. The van der Waals surface area contributed by atoms with Crippen molar-refractivity contribution >= 4 is 21.6 Å². The number of benzene rings is 2. The molecule has 0 N–H and O–H groups in total. The Kier molecular flexibility index (Phi) is 5.81. The van der Waals surface area contributed by atoms with Crippen LogP contribution >= 0.6 is 0 Å². The van der Waals surface area contributed by atoms with Gasteiger partial charge in [0.2, 0.25) is 15.9 Å². The third kappa shape index (κ3) is 3.82. The molecular formula is C22H26N2O5S. The van der Waals surface area contributed by atoms with Crippen molar-refractivity contribution in [3.63, 3.8) is 0 Å². The minimum absolute atomic E-state index is 0.0488. The van der Waals surface area contributed by atoms with E-state index in [1.165, 1.54) is 11.4 Å². The van der Waals surface area contributed by atoms with E-state index in [0.717, 1.165) is 17.7 Å². The van der Waals surface area contributed by atoms with Gasteiger partial charge in [-0.15, -0.1) is 0 Å². The van der Waals surface area contributed by atoms with E-state index in [0.29, 0.717) is 31.9 Å². The summed E-state index contributed by atoms with van der Waals surface area (Å²) in [6.07, 6.45) is 0.940. The van der Waals surface area contributed by atoms with E-state index in [4.69, 9.17) is 9.47 Å². The van der Waals surface area contributed by atoms with Crippen LogP contribution in [0.5, 0.6) is 5.75 Å². The standard InChI is InChI=1S/C22H26N2O5S/c1-16-13-18-5-3-4-6-19(18)24(16)22(25)15-17-7-8-20(28-2)21(14-17)30(26,27)23-9-11-29-12-10-23/h3-8,14,16H,9-13,15H2,1-2H3. The number of hydrogen-bond acceptors (Lipinski definition) is 5. The molecule has 1 saturated heterocycles. The van der Waals surface area contributed by atoms with Crippen molar-refractivity contribution in [2.24, 2.45) is 0 Å². The number of nitrogens with zero attached hydrogens (tertiary/aromatic N) is 2. The number of fused-ring (bicyclic) bond motifs is 1. The van der Waals surface area contributed by atoms with Crippen LogP contribution in [0.2, 0.25) is 0 Å². The fourth-order valence-corrected chi connectivity index (χ4v) is 5.78. The van der Waals surface area contributed by atoms with Gasteiger partial charge in [-0.1, -0.05) is 24.3 Å². The van der Waals surface area contributed by atoms with Crippen LogP contribution in [0.3, 0.4) is 0 Å². The second-order valence-corrected chi connectivity index (χ2v) is 9.53. The molecule has 2 aliphatic heterocycles. The second-order valence-electron chi connectivity index (χ2n) is 7.62. The largest absolute Gasteiger partial charge is 0.495 e. The van der Waals surface area contributed by atoms with Crippen LogP contribution in [0.1, 0.15) is 18.1 Å². The number of morpholine rings is 1. The van der Waals surface area contributed by atoms with Crippen molar-refractivity contribution in [1.29, 1.82) is 0 Å². The second kappa shape index (κ2) is 8.37. The Balaban J connectivity index is 1.61. The van der Waals surface area contributed by atoms with Crippen LogP contribution in [0.15, 0.2) is 47.4 Å². The van der Waals surface area contributed by atoms with Crippen LogP contribution in [0, 0.1) is 0 Å². The first-order valence-electron chi connectivity index (χ1n) is 10.1. The molecule has 2 heterocycles. The van der Waals surface area contributed by atoms with Gasteiger partial charge in [-0.3, -0.25) is 4.79 Å². The Hall–Kier alpha value is -2.42. The first kappa shape index (κ1) is 20.8. The SMILES string of the molecule is COc1ccc(CC(=O)N2c3ccccc3CC2C)cc1S(=O)(=O)N1CCOCC1. The number of carbonyl (C=O) groups excluding carboxylic acids is 1. The zero-order valence-electron chi connectivity index (χ0n) is 17.2. The molecular weight excluding hydrogens is 404 g/mol. The quantitative estimate of drug-likeness (QED) is 0.727. The van der Waals surface area contributed by atoms with E-state index >= 15 is 0 Å². The Bertz CT molecular complexity index is 1050. The normalized spacial score (nSPS) is 19.5. The third-order valence-electron chi connectivity index (χ3n) is 5.65. The predicted octanol–water partition coefficient (Wildman–Crippen LogP) is 2.24. The van der Waals surface area contributed by atoms with Gasteiger partial charge in [-0.2, -0.15) is 4.31 Å². The Morgan fingerprint density at radius 3 is 2.63 bits per heavy atom. The molecule has 1 atom stereocenters. The third-order valence-corrected chi connectivity index (χ3v) is 7.57. The van der Waals surface area contributed by atoms with E-state index in [1.807, 2.05) is 36.1 Å². The lowest BCUT2D eigenvalue weighted by Gasteiger charge is -2.27. The van der Waals surface area contributed by atoms with E-state index in [2.05, 4.69) is 0 Å². The number of amides is 1. The average molecular weight is 431 g/mol. The Morgan fingerprint density at radius 1 is 1.17 bits per heavy atom. The van der Waals surface area contributed by atoms with Crippen molar-refractivity contribution in [2.75, 3.05) is 38.3 Å². The first-order chi connectivity index (χ1) is 14.4. The fraction of sp³-hybridized carbons (Fsp3) is 0.409. The summed E-state index contributed by atoms with van der Waals surface area (Å²) in [5.41, 5.74) is 2.73. The molecule has 0 radical (unpaired) electrons. The average Bonchev–Trinajstić information content (AvgIpc) is 3.10. The molecule has 0 bridgehead atoms. The van der Waals surface area contributed by atoms with Crippen LogP contribution < -0.4 is 9.64 Å². The molecule has 2 aromatic carbocycles. The molecule has 7 nitrogen and oxygen atoms in total. The molecule has 0 aromatic heterocycles. The number of carbonyl (C=O) groups is 1.